The van der Waals surface area contributed by atoms with Crippen molar-refractivity contribution in [3.05, 3.63) is 10.8 Å². The summed E-state index contributed by atoms with van der Waals surface area (Å²) in [6.07, 6.45) is 0. The third kappa shape index (κ3) is 1.38. The zero-order valence-electron chi connectivity index (χ0n) is 2.79. The summed E-state index contributed by atoms with van der Waals surface area (Å²) in [5.41, 5.74) is 0. The van der Waals surface area contributed by atoms with Crippen molar-refractivity contribution in [3.63, 3.8) is 0 Å². The standard InChI is InChI=1S/C2H2S4/c1-2-4-6-5-3-1/h1-2H. The second kappa shape index (κ2) is 2.74. The van der Waals surface area contributed by atoms with Crippen LogP contribution >= 0.6 is 39.4 Å². The van der Waals surface area contributed by atoms with Crippen LogP contribution in [0.1, 0.15) is 0 Å². The first-order chi connectivity index (χ1) is 3.00. The number of hydrogen-bond donors (Lipinski definition) is 0. The van der Waals surface area contributed by atoms with Crippen molar-refractivity contribution in [2.24, 2.45) is 0 Å². The quantitative estimate of drug-likeness (QED) is 0.504. The first-order valence-electron chi connectivity index (χ1n) is 1.30. The molecule has 0 N–H and O–H groups in total. The topological polar surface area (TPSA) is 0 Å². The average molecular weight is 154 g/mol. The zero-order chi connectivity index (χ0) is 4.24. The SMILES string of the molecule is c1cssss1. The molecule has 1 rings (SSSR count). The van der Waals surface area contributed by atoms with E-state index in [1.807, 2.05) is 0 Å². The molecule has 1 aromatic rings. The highest BCUT2D eigenvalue weighted by atomic mass is 33.4. The predicted molar refractivity (Wildman–Crippen MR) is 35.6 cm³/mol. The first-order valence-corrected chi connectivity index (χ1v) is 6.25. The summed E-state index contributed by atoms with van der Waals surface area (Å²) in [4.78, 5) is 0. The molecule has 0 bridgehead atoms. The van der Waals surface area contributed by atoms with Crippen LogP contribution in [0, 0.1) is 0 Å². The maximum absolute atomic E-state index is 2.09. The van der Waals surface area contributed by atoms with E-state index in [2.05, 4.69) is 10.8 Å². The highest BCUT2D eigenvalue weighted by Crippen LogP contribution is 2.15. The highest BCUT2D eigenvalue weighted by Gasteiger charge is 1.61. The van der Waals surface area contributed by atoms with Gasteiger partial charge >= 0.3 is 0 Å². The molecule has 6 heavy (non-hydrogen) atoms. The lowest BCUT2D eigenvalue weighted by Gasteiger charge is -1.66. The van der Waals surface area contributed by atoms with Crippen LogP contribution in [0.3, 0.4) is 0 Å². The Labute approximate surface area is 50.2 Å². The Morgan fingerprint density at radius 1 is 0.833 bits per heavy atom. The summed E-state index contributed by atoms with van der Waals surface area (Å²) >= 11 is 0. The van der Waals surface area contributed by atoms with E-state index in [4.69, 9.17) is 0 Å². The molecule has 34 valence electrons. The Bertz CT molecular complexity index is 77.5. The molecule has 0 unspecified atom stereocenters. The summed E-state index contributed by atoms with van der Waals surface area (Å²) in [5, 5.41) is 4.18. The lowest BCUT2D eigenvalue weighted by Crippen LogP contribution is -1.22. The molecule has 0 aromatic carbocycles. The van der Waals surface area contributed by atoms with Crippen LogP contribution in [-0.2, 0) is 0 Å². The molecule has 1 aromatic heterocycles. The fourth-order valence-electron chi connectivity index (χ4n) is 0.123. The van der Waals surface area contributed by atoms with Crippen LogP contribution in [0.5, 0.6) is 0 Å². The van der Waals surface area contributed by atoms with Gasteiger partial charge in [-0.1, -0.05) is 20.7 Å². The van der Waals surface area contributed by atoms with E-state index < -0.39 is 0 Å². The summed E-state index contributed by atoms with van der Waals surface area (Å²) in [5.74, 6) is 0. The van der Waals surface area contributed by atoms with Gasteiger partial charge in [-0.3, -0.25) is 0 Å². The van der Waals surface area contributed by atoms with Gasteiger partial charge in [-0.15, -0.1) is 0 Å². The van der Waals surface area contributed by atoms with Gasteiger partial charge < -0.3 is 0 Å². The van der Waals surface area contributed by atoms with Crippen LogP contribution in [0.25, 0.3) is 0 Å². The van der Waals surface area contributed by atoms with Gasteiger partial charge in [0.15, 0.2) is 0 Å². The number of hydrogen-bond acceptors (Lipinski definition) is 4. The van der Waals surface area contributed by atoms with Crippen molar-refractivity contribution in [1.29, 1.82) is 0 Å². The summed E-state index contributed by atoms with van der Waals surface area (Å²) in [6, 6.07) is 0. The van der Waals surface area contributed by atoms with Gasteiger partial charge in [0, 0.05) is 10.8 Å². The zero-order valence-corrected chi connectivity index (χ0v) is 6.05. The Morgan fingerprint density at radius 2 is 1.33 bits per heavy atom. The molecular weight excluding hydrogens is 152 g/mol. The second-order valence-electron chi connectivity index (χ2n) is 0.601. The van der Waals surface area contributed by atoms with Crippen LogP contribution in [0.15, 0.2) is 10.8 Å². The summed E-state index contributed by atoms with van der Waals surface area (Å²) < 4.78 is 0. The Hall–Kier alpha value is 0.620. The molecule has 0 spiro atoms. The van der Waals surface area contributed by atoms with E-state index in [0.29, 0.717) is 0 Å². The smallest absolute Gasteiger partial charge is 0.0130 e. The predicted octanol–water partition coefficient (Wildman–Crippen LogP) is 3.06. The van der Waals surface area contributed by atoms with Gasteiger partial charge in [-0.25, -0.2) is 0 Å². The normalized spacial score (nSPS) is 8.00. The van der Waals surface area contributed by atoms with Crippen molar-refractivity contribution in [2.45, 2.75) is 0 Å². The Balaban J connectivity index is 3.00. The maximum Gasteiger partial charge on any atom is 0.0130 e. The third-order valence-corrected chi connectivity index (χ3v) is 5.87. The molecular formula is C2H2S4. The molecule has 0 nitrogen and oxygen atoms in total. The summed E-state index contributed by atoms with van der Waals surface area (Å²) in [6.45, 7) is 0. The van der Waals surface area contributed by atoms with Gasteiger partial charge in [0.2, 0.25) is 0 Å². The molecule has 0 aliphatic heterocycles. The fourth-order valence-corrected chi connectivity index (χ4v) is 5.05. The van der Waals surface area contributed by atoms with E-state index in [1.54, 1.807) is 39.4 Å². The monoisotopic (exact) mass is 154 g/mol. The summed E-state index contributed by atoms with van der Waals surface area (Å²) in [7, 11) is 7.16. The Kier molecular flexibility index (Phi) is 2.18. The van der Waals surface area contributed by atoms with Crippen LogP contribution in [-0.4, -0.2) is 0 Å². The van der Waals surface area contributed by atoms with E-state index in [-0.39, 0.29) is 0 Å². The van der Waals surface area contributed by atoms with Crippen molar-refractivity contribution < 1.29 is 0 Å². The largest absolute Gasteiger partial charge is 0.0763 e. The minimum absolute atomic E-state index is 1.77. The van der Waals surface area contributed by atoms with Crippen molar-refractivity contribution in [3.8, 4) is 0 Å². The molecule has 0 saturated carbocycles. The van der Waals surface area contributed by atoms with Crippen molar-refractivity contribution >= 4 is 39.4 Å². The van der Waals surface area contributed by atoms with E-state index >= 15 is 0 Å². The van der Waals surface area contributed by atoms with Gasteiger partial charge in [-0.2, -0.15) is 0 Å². The second-order valence-corrected chi connectivity index (χ2v) is 6.22. The van der Waals surface area contributed by atoms with Gasteiger partial charge in [0.05, 0.1) is 0 Å². The molecule has 0 saturated heterocycles. The highest BCUT2D eigenvalue weighted by molar-refractivity contribution is 8.06. The molecule has 0 amide bonds. The van der Waals surface area contributed by atoms with Crippen LogP contribution in [0.2, 0.25) is 0 Å². The average Bonchev–Trinajstić information content (AvgIpc) is 1.72. The van der Waals surface area contributed by atoms with Crippen LogP contribution in [0.4, 0.5) is 0 Å². The third-order valence-electron chi connectivity index (χ3n) is 0.273. The molecule has 0 atom stereocenters. The minimum atomic E-state index is 1.77. The van der Waals surface area contributed by atoms with Gasteiger partial charge in [0.25, 0.3) is 0 Å². The minimum Gasteiger partial charge on any atom is -0.0763 e. The molecule has 0 aliphatic carbocycles. The van der Waals surface area contributed by atoms with Crippen molar-refractivity contribution in [1.82, 2.24) is 0 Å². The molecule has 0 aliphatic rings. The first kappa shape index (κ1) is 4.77. The molecule has 0 fully saturated rings. The Morgan fingerprint density at radius 3 is 1.50 bits per heavy atom. The van der Waals surface area contributed by atoms with Gasteiger partial charge in [0.1, 0.15) is 0 Å². The molecule has 0 radical (unpaired) electrons. The number of rotatable bonds is 0. The van der Waals surface area contributed by atoms with Gasteiger partial charge in [-0.05, 0) is 18.7 Å². The lowest BCUT2D eigenvalue weighted by molar-refractivity contribution is 2.37. The lowest BCUT2D eigenvalue weighted by atomic mass is 11.2. The molecule has 4 heteroatoms. The van der Waals surface area contributed by atoms with Crippen LogP contribution < -0.4 is 0 Å². The maximum atomic E-state index is 2.09. The van der Waals surface area contributed by atoms with E-state index in [9.17, 15) is 0 Å². The molecule has 1 heterocycles. The van der Waals surface area contributed by atoms with E-state index in [1.165, 1.54) is 0 Å². The van der Waals surface area contributed by atoms with Crippen molar-refractivity contribution in [2.75, 3.05) is 0 Å². The van der Waals surface area contributed by atoms with E-state index in [0.717, 1.165) is 0 Å². The fraction of sp³-hybridized carbons (Fsp3) is 0.